The van der Waals surface area contributed by atoms with Crippen molar-refractivity contribution < 1.29 is 5.11 Å². The molecule has 1 aliphatic carbocycles. The van der Waals surface area contributed by atoms with Gasteiger partial charge in [-0.25, -0.2) is 0 Å². The summed E-state index contributed by atoms with van der Waals surface area (Å²) in [7, 11) is 0. The summed E-state index contributed by atoms with van der Waals surface area (Å²) in [6, 6.07) is 1.46. The molecule has 2 nitrogen and oxygen atoms in total. The maximum atomic E-state index is 9.65. The van der Waals surface area contributed by atoms with E-state index in [4.69, 9.17) is 0 Å². The lowest BCUT2D eigenvalue weighted by molar-refractivity contribution is 0.0332. The third kappa shape index (κ3) is 3.69. The number of rotatable bonds is 3. The molecule has 2 heteroatoms. The predicted molar refractivity (Wildman–Crippen MR) is 72.1 cm³/mol. The van der Waals surface area contributed by atoms with Crippen molar-refractivity contribution in [2.24, 2.45) is 5.92 Å². The molecule has 17 heavy (non-hydrogen) atoms. The molecule has 2 rings (SSSR count). The van der Waals surface area contributed by atoms with Crippen LogP contribution in [0, 0.1) is 5.92 Å². The highest BCUT2D eigenvalue weighted by atomic mass is 16.3. The highest BCUT2D eigenvalue weighted by Gasteiger charge is 2.31. The number of aliphatic hydroxyl groups excluding tert-OH is 1. The minimum Gasteiger partial charge on any atom is -0.393 e. The normalized spacial score (nSPS) is 37.9. The Hall–Kier alpha value is -0.0800. The summed E-state index contributed by atoms with van der Waals surface area (Å²) in [5.74, 6) is 0.905. The lowest BCUT2D eigenvalue weighted by Gasteiger charge is -2.44. The monoisotopic (exact) mass is 239 g/mol. The Balaban J connectivity index is 1.94. The lowest BCUT2D eigenvalue weighted by atomic mass is 9.84. The fraction of sp³-hybridized carbons (Fsp3) is 1.00. The van der Waals surface area contributed by atoms with Crippen LogP contribution in [-0.4, -0.2) is 34.7 Å². The van der Waals surface area contributed by atoms with E-state index in [1.165, 1.54) is 51.5 Å². The Morgan fingerprint density at radius 2 is 2.00 bits per heavy atom. The Morgan fingerprint density at radius 1 is 1.18 bits per heavy atom. The van der Waals surface area contributed by atoms with Crippen LogP contribution in [0.2, 0.25) is 0 Å². The first kappa shape index (κ1) is 13.4. The second-order valence-corrected chi connectivity index (χ2v) is 6.40. The smallest absolute Gasteiger partial charge is 0.0527 e. The van der Waals surface area contributed by atoms with E-state index in [0.717, 1.165) is 18.4 Å². The summed E-state index contributed by atoms with van der Waals surface area (Å²) in [5, 5.41) is 9.65. The summed E-state index contributed by atoms with van der Waals surface area (Å²) in [6.45, 7) is 5.62. The zero-order chi connectivity index (χ0) is 12.3. The average molecular weight is 239 g/mol. The molecule has 1 saturated carbocycles. The molecule has 0 aromatic carbocycles. The van der Waals surface area contributed by atoms with Gasteiger partial charge < -0.3 is 5.11 Å². The minimum absolute atomic E-state index is 0.137. The van der Waals surface area contributed by atoms with Gasteiger partial charge in [0, 0.05) is 12.1 Å². The maximum Gasteiger partial charge on any atom is 0.0527 e. The highest BCUT2D eigenvalue weighted by Crippen LogP contribution is 2.32. The summed E-state index contributed by atoms with van der Waals surface area (Å²) >= 11 is 0. The van der Waals surface area contributed by atoms with E-state index >= 15 is 0 Å². The van der Waals surface area contributed by atoms with Crippen molar-refractivity contribution in [2.75, 3.05) is 6.54 Å². The van der Waals surface area contributed by atoms with Crippen molar-refractivity contribution in [1.82, 2.24) is 4.90 Å². The molecule has 1 saturated heterocycles. The SMILES string of the molecule is CC(O)CC1CCCCN1C1CCCC(C)C1. The van der Waals surface area contributed by atoms with Crippen LogP contribution < -0.4 is 0 Å². The lowest BCUT2D eigenvalue weighted by Crippen LogP contribution is -2.48. The number of likely N-dealkylation sites (tertiary alicyclic amines) is 1. The molecule has 1 N–H and O–H groups in total. The van der Waals surface area contributed by atoms with Gasteiger partial charge in [0.2, 0.25) is 0 Å². The number of hydrogen-bond donors (Lipinski definition) is 1. The molecular weight excluding hydrogens is 210 g/mol. The molecule has 0 aromatic heterocycles. The first-order valence-electron chi connectivity index (χ1n) is 7.60. The zero-order valence-electron chi connectivity index (χ0n) is 11.6. The maximum absolute atomic E-state index is 9.65. The molecule has 100 valence electrons. The van der Waals surface area contributed by atoms with Gasteiger partial charge >= 0.3 is 0 Å². The van der Waals surface area contributed by atoms with Crippen LogP contribution in [0.15, 0.2) is 0 Å². The average Bonchev–Trinajstić information content (AvgIpc) is 2.29. The third-order valence-electron chi connectivity index (χ3n) is 4.66. The molecule has 0 bridgehead atoms. The number of piperidine rings is 1. The van der Waals surface area contributed by atoms with E-state index in [1.54, 1.807) is 0 Å². The topological polar surface area (TPSA) is 23.5 Å². The molecule has 4 unspecified atom stereocenters. The van der Waals surface area contributed by atoms with Gasteiger partial charge in [-0.2, -0.15) is 0 Å². The molecule has 0 amide bonds. The van der Waals surface area contributed by atoms with Crippen LogP contribution in [0.4, 0.5) is 0 Å². The largest absolute Gasteiger partial charge is 0.393 e. The first-order valence-corrected chi connectivity index (χ1v) is 7.60. The summed E-state index contributed by atoms with van der Waals surface area (Å²) in [4.78, 5) is 2.74. The second kappa shape index (κ2) is 6.19. The highest BCUT2D eigenvalue weighted by molar-refractivity contribution is 4.86. The molecule has 4 atom stereocenters. The Bertz CT molecular complexity index is 221. The number of hydrogen-bond acceptors (Lipinski definition) is 2. The van der Waals surface area contributed by atoms with Gasteiger partial charge in [0.25, 0.3) is 0 Å². The molecule has 2 fully saturated rings. The first-order chi connectivity index (χ1) is 8.16. The molecular formula is C15H29NO. The Kier molecular flexibility index (Phi) is 4.87. The van der Waals surface area contributed by atoms with Gasteiger partial charge in [0.1, 0.15) is 0 Å². The van der Waals surface area contributed by atoms with E-state index < -0.39 is 0 Å². The van der Waals surface area contributed by atoms with Crippen LogP contribution in [-0.2, 0) is 0 Å². The molecule has 0 radical (unpaired) electrons. The summed E-state index contributed by atoms with van der Waals surface area (Å²) < 4.78 is 0. The van der Waals surface area contributed by atoms with Gasteiger partial charge in [-0.05, 0) is 51.5 Å². The fourth-order valence-electron chi connectivity index (χ4n) is 3.85. The van der Waals surface area contributed by atoms with Crippen molar-refractivity contribution in [2.45, 2.75) is 83.4 Å². The molecule has 0 spiro atoms. The van der Waals surface area contributed by atoms with Crippen LogP contribution in [0.1, 0.15) is 65.2 Å². The number of nitrogens with zero attached hydrogens (tertiary/aromatic N) is 1. The standard InChI is InChI=1S/C15H29NO/c1-12-6-5-8-14(10-12)16-9-4-3-7-15(16)11-13(2)17/h12-15,17H,3-11H2,1-2H3. The van der Waals surface area contributed by atoms with E-state index in [1.807, 2.05) is 6.92 Å². The van der Waals surface area contributed by atoms with Crippen LogP contribution in [0.3, 0.4) is 0 Å². The van der Waals surface area contributed by atoms with Crippen molar-refractivity contribution in [3.05, 3.63) is 0 Å². The molecule has 0 aromatic rings. The van der Waals surface area contributed by atoms with Gasteiger partial charge in [-0.1, -0.05) is 26.2 Å². The number of aliphatic hydroxyl groups is 1. The van der Waals surface area contributed by atoms with Gasteiger partial charge in [0.05, 0.1) is 6.10 Å². The Morgan fingerprint density at radius 3 is 2.71 bits per heavy atom. The summed E-state index contributed by atoms with van der Waals surface area (Å²) in [5.41, 5.74) is 0. The fourth-order valence-corrected chi connectivity index (χ4v) is 3.85. The molecule has 1 aliphatic heterocycles. The second-order valence-electron chi connectivity index (χ2n) is 6.40. The van der Waals surface area contributed by atoms with Crippen molar-refractivity contribution in [3.63, 3.8) is 0 Å². The van der Waals surface area contributed by atoms with Gasteiger partial charge in [-0.3, -0.25) is 4.90 Å². The van der Waals surface area contributed by atoms with E-state index in [9.17, 15) is 5.11 Å². The van der Waals surface area contributed by atoms with Crippen molar-refractivity contribution in [3.8, 4) is 0 Å². The van der Waals surface area contributed by atoms with Gasteiger partial charge in [0.15, 0.2) is 0 Å². The molecule has 2 aliphatic rings. The van der Waals surface area contributed by atoms with E-state index in [2.05, 4.69) is 11.8 Å². The third-order valence-corrected chi connectivity index (χ3v) is 4.66. The zero-order valence-corrected chi connectivity index (χ0v) is 11.6. The quantitative estimate of drug-likeness (QED) is 0.817. The predicted octanol–water partition coefficient (Wildman–Crippen LogP) is 3.19. The van der Waals surface area contributed by atoms with Crippen molar-refractivity contribution in [1.29, 1.82) is 0 Å². The van der Waals surface area contributed by atoms with Crippen LogP contribution >= 0.6 is 0 Å². The van der Waals surface area contributed by atoms with Crippen LogP contribution in [0.5, 0.6) is 0 Å². The summed E-state index contributed by atoms with van der Waals surface area (Å²) in [6.07, 6.45) is 10.5. The Labute approximate surface area is 106 Å². The van der Waals surface area contributed by atoms with Crippen molar-refractivity contribution >= 4 is 0 Å². The van der Waals surface area contributed by atoms with Gasteiger partial charge in [-0.15, -0.1) is 0 Å². The van der Waals surface area contributed by atoms with E-state index in [0.29, 0.717) is 6.04 Å². The van der Waals surface area contributed by atoms with E-state index in [-0.39, 0.29) is 6.10 Å². The van der Waals surface area contributed by atoms with Crippen LogP contribution in [0.25, 0.3) is 0 Å². The molecule has 1 heterocycles. The minimum atomic E-state index is -0.137.